The molecule has 0 atom stereocenters. The Balaban J connectivity index is 0.00000193. The lowest BCUT2D eigenvalue weighted by molar-refractivity contribution is -0.134. The minimum Gasteiger partial charge on any atom is -0.381 e. The summed E-state index contributed by atoms with van der Waals surface area (Å²) in [5.41, 5.74) is 4.26. The van der Waals surface area contributed by atoms with Gasteiger partial charge < -0.3 is 4.74 Å². The van der Waals surface area contributed by atoms with Crippen molar-refractivity contribution in [3.63, 3.8) is 0 Å². The molecule has 1 amide bonds. The van der Waals surface area contributed by atoms with Crippen LogP contribution in [0.5, 0.6) is 0 Å². The Labute approximate surface area is 205 Å². The number of pyridine rings is 2. The molecular weight excluding hydrogens is 491 g/mol. The lowest BCUT2D eigenvalue weighted by atomic mass is 9.94. The highest BCUT2D eigenvalue weighted by molar-refractivity contribution is 7.91. The number of sulfonamides is 1. The smallest absolute Gasteiger partial charge is 0.266 e. The maximum Gasteiger partial charge on any atom is 0.266 e. The molecule has 12 heteroatoms. The number of piperidine rings is 1. The number of hydroxylamine groups is 1. The zero-order valence-corrected chi connectivity index (χ0v) is 20.4. The summed E-state index contributed by atoms with van der Waals surface area (Å²) < 4.78 is 31.7. The van der Waals surface area contributed by atoms with E-state index in [9.17, 15) is 18.4 Å². The van der Waals surface area contributed by atoms with Crippen LogP contribution >= 0.6 is 24.8 Å². The molecule has 0 spiro atoms. The van der Waals surface area contributed by atoms with Crippen molar-refractivity contribution < 1.29 is 23.2 Å². The first kappa shape index (κ1) is 27.4. The number of aromatic nitrogens is 2. The quantitative estimate of drug-likeness (QED) is 0.460. The summed E-state index contributed by atoms with van der Waals surface area (Å²) in [4.78, 5) is 21.3. The van der Waals surface area contributed by atoms with Gasteiger partial charge in [0, 0.05) is 68.7 Å². The van der Waals surface area contributed by atoms with E-state index in [1.54, 1.807) is 17.9 Å². The van der Waals surface area contributed by atoms with Crippen LogP contribution < -0.4 is 5.48 Å². The van der Waals surface area contributed by atoms with Crippen molar-refractivity contribution in [2.24, 2.45) is 0 Å². The number of rotatable bonds is 5. The molecule has 2 aromatic rings. The van der Waals surface area contributed by atoms with Gasteiger partial charge in [0.2, 0.25) is 10.0 Å². The first-order valence-corrected chi connectivity index (χ1v) is 11.8. The zero-order chi connectivity index (χ0) is 21.9. The van der Waals surface area contributed by atoms with Crippen LogP contribution in [0, 0.1) is 0 Å². The summed E-state index contributed by atoms with van der Waals surface area (Å²) >= 11 is 0. The van der Waals surface area contributed by atoms with Gasteiger partial charge in [-0.1, -0.05) is 6.07 Å². The van der Waals surface area contributed by atoms with Crippen molar-refractivity contribution in [1.82, 2.24) is 19.8 Å². The van der Waals surface area contributed by atoms with E-state index in [1.807, 2.05) is 30.3 Å². The maximum absolute atomic E-state index is 13.4. The van der Waals surface area contributed by atoms with E-state index in [-0.39, 0.29) is 56.8 Å². The van der Waals surface area contributed by atoms with Crippen molar-refractivity contribution in [1.29, 1.82) is 0 Å². The van der Waals surface area contributed by atoms with Crippen LogP contribution in [0.15, 0.2) is 42.7 Å². The van der Waals surface area contributed by atoms with Crippen LogP contribution in [0.2, 0.25) is 0 Å². The predicted octanol–water partition coefficient (Wildman–Crippen LogP) is 2.55. The van der Waals surface area contributed by atoms with E-state index in [2.05, 4.69) is 9.97 Å². The van der Waals surface area contributed by atoms with Crippen molar-refractivity contribution in [3.8, 4) is 11.3 Å². The van der Waals surface area contributed by atoms with Gasteiger partial charge in [-0.25, -0.2) is 18.2 Å². The molecule has 2 aliphatic rings. The minimum absolute atomic E-state index is 0. The standard InChI is InChI=1S/C21H26N4O5S.2ClH/c26-20(24-27)21(8-13-30-14-9-21)31(28,29)25-11-6-16(7-12-25)19-5-4-17(15-23-19)18-3-1-2-10-22-18;;/h1-5,10,15-16,27H,6-9,11-14H2,(H,24,26);2*1H. The first-order valence-electron chi connectivity index (χ1n) is 10.4. The molecule has 0 bridgehead atoms. The molecule has 2 saturated heterocycles. The molecule has 182 valence electrons. The molecule has 0 aliphatic carbocycles. The fraction of sp³-hybridized carbons (Fsp3) is 0.476. The fourth-order valence-electron chi connectivity index (χ4n) is 4.38. The number of carbonyl (C=O) groups is 1. The molecule has 0 saturated carbocycles. The summed E-state index contributed by atoms with van der Waals surface area (Å²) in [6.07, 6.45) is 4.81. The summed E-state index contributed by atoms with van der Waals surface area (Å²) in [6.45, 7) is 0.932. The van der Waals surface area contributed by atoms with E-state index in [0.717, 1.165) is 17.0 Å². The Kier molecular flexibility index (Phi) is 9.59. The predicted molar refractivity (Wildman–Crippen MR) is 127 cm³/mol. The molecule has 9 nitrogen and oxygen atoms in total. The molecule has 2 N–H and O–H groups in total. The van der Waals surface area contributed by atoms with Gasteiger partial charge in [-0.05, 0) is 37.1 Å². The highest BCUT2D eigenvalue weighted by Crippen LogP contribution is 2.36. The highest BCUT2D eigenvalue weighted by Gasteiger charge is 2.54. The van der Waals surface area contributed by atoms with Crippen LogP contribution in [0.4, 0.5) is 0 Å². The number of halogens is 2. The van der Waals surface area contributed by atoms with E-state index < -0.39 is 20.7 Å². The Bertz CT molecular complexity index is 1010. The minimum atomic E-state index is -3.95. The molecule has 0 radical (unpaired) electrons. The SMILES string of the molecule is Cl.Cl.O=C(NO)C1(S(=O)(=O)N2CCC(c3ccc(-c4ccccn4)cn3)CC2)CCOCC1. The Morgan fingerprint density at radius 2 is 1.79 bits per heavy atom. The summed E-state index contributed by atoms with van der Waals surface area (Å²) in [5.74, 6) is -0.744. The van der Waals surface area contributed by atoms with Gasteiger partial charge in [0.25, 0.3) is 5.91 Å². The van der Waals surface area contributed by atoms with E-state index in [1.165, 1.54) is 4.31 Å². The number of hydrogen-bond acceptors (Lipinski definition) is 7. The third-order valence-corrected chi connectivity index (χ3v) is 8.89. The number of nitrogens with one attached hydrogen (secondary N) is 1. The lowest BCUT2D eigenvalue weighted by Gasteiger charge is -2.40. The van der Waals surface area contributed by atoms with Crippen molar-refractivity contribution in [2.45, 2.75) is 36.3 Å². The van der Waals surface area contributed by atoms with Crippen LogP contribution in [-0.2, 0) is 19.6 Å². The second-order valence-corrected chi connectivity index (χ2v) is 10.2. The Morgan fingerprint density at radius 1 is 1.09 bits per heavy atom. The molecule has 2 aromatic heterocycles. The zero-order valence-electron chi connectivity index (χ0n) is 17.9. The molecule has 2 fully saturated rings. The molecule has 4 rings (SSSR count). The number of amides is 1. The van der Waals surface area contributed by atoms with Crippen LogP contribution in [0.3, 0.4) is 0 Å². The van der Waals surface area contributed by atoms with Gasteiger partial charge >= 0.3 is 0 Å². The van der Waals surface area contributed by atoms with Gasteiger partial charge in [-0.15, -0.1) is 24.8 Å². The summed E-state index contributed by atoms with van der Waals surface area (Å²) in [5, 5.41) is 9.17. The normalized spacial score (nSPS) is 19.1. The van der Waals surface area contributed by atoms with E-state index in [4.69, 9.17) is 4.74 Å². The molecule has 2 aliphatic heterocycles. The monoisotopic (exact) mass is 518 g/mol. The van der Waals surface area contributed by atoms with Crippen molar-refractivity contribution in [2.75, 3.05) is 26.3 Å². The van der Waals surface area contributed by atoms with E-state index >= 15 is 0 Å². The lowest BCUT2D eigenvalue weighted by Crippen LogP contribution is -2.60. The number of ether oxygens (including phenoxy) is 1. The van der Waals surface area contributed by atoms with Gasteiger partial charge in [0.05, 0.1) is 5.69 Å². The van der Waals surface area contributed by atoms with Crippen molar-refractivity contribution >= 4 is 40.7 Å². The second-order valence-electron chi connectivity index (χ2n) is 7.91. The maximum atomic E-state index is 13.4. The van der Waals surface area contributed by atoms with E-state index in [0.29, 0.717) is 25.9 Å². The van der Waals surface area contributed by atoms with Gasteiger partial charge in [-0.3, -0.25) is 20.0 Å². The topological polar surface area (TPSA) is 122 Å². The third-order valence-electron chi connectivity index (χ3n) is 6.27. The van der Waals surface area contributed by atoms with Gasteiger partial charge in [0.1, 0.15) is 0 Å². The Hall–Kier alpha value is -1.82. The van der Waals surface area contributed by atoms with Crippen molar-refractivity contribution in [3.05, 3.63) is 48.4 Å². The first-order chi connectivity index (χ1) is 15.0. The largest absolute Gasteiger partial charge is 0.381 e. The van der Waals surface area contributed by atoms with Crippen LogP contribution in [-0.4, -0.2) is 64.9 Å². The molecular formula is C21H28Cl2N4O5S. The molecule has 33 heavy (non-hydrogen) atoms. The molecule has 0 aromatic carbocycles. The second kappa shape index (κ2) is 11.5. The molecule has 4 heterocycles. The third kappa shape index (κ3) is 5.31. The van der Waals surface area contributed by atoms with Crippen LogP contribution in [0.25, 0.3) is 11.3 Å². The molecule has 0 unspecified atom stereocenters. The number of carbonyl (C=O) groups excluding carboxylic acids is 1. The fourth-order valence-corrected chi connectivity index (χ4v) is 6.52. The average molecular weight is 519 g/mol. The van der Waals surface area contributed by atoms with Gasteiger partial charge in [-0.2, -0.15) is 0 Å². The van der Waals surface area contributed by atoms with Gasteiger partial charge in [0.15, 0.2) is 4.75 Å². The average Bonchev–Trinajstić information content (AvgIpc) is 2.84. The number of hydrogen-bond donors (Lipinski definition) is 2. The number of nitrogens with zero attached hydrogens (tertiary/aromatic N) is 3. The summed E-state index contributed by atoms with van der Waals surface area (Å²) in [7, 11) is -3.95. The van der Waals surface area contributed by atoms with Crippen LogP contribution in [0.1, 0.15) is 37.3 Å². The highest BCUT2D eigenvalue weighted by atomic mass is 35.5. The summed E-state index contributed by atoms with van der Waals surface area (Å²) in [6, 6.07) is 9.67. The Morgan fingerprint density at radius 3 is 2.33 bits per heavy atom.